The summed E-state index contributed by atoms with van der Waals surface area (Å²) in [5.74, 6) is 0. The molecule has 0 bridgehead atoms. The molecule has 0 unspecified atom stereocenters. The first-order valence-corrected chi connectivity index (χ1v) is 6.09. The van der Waals surface area contributed by atoms with Gasteiger partial charge in [0.15, 0.2) is 0 Å². The first kappa shape index (κ1) is 11.9. The molecule has 0 amide bonds. The summed E-state index contributed by atoms with van der Waals surface area (Å²) >= 11 is 0. The van der Waals surface area contributed by atoms with E-state index in [-0.39, 0.29) is 0 Å². The molecule has 0 radical (unpaired) electrons. The zero-order chi connectivity index (χ0) is 12.1. The number of aromatic nitrogens is 2. The summed E-state index contributed by atoms with van der Waals surface area (Å²) in [6.45, 7) is 8.93. The van der Waals surface area contributed by atoms with Gasteiger partial charge >= 0.3 is 0 Å². The van der Waals surface area contributed by atoms with E-state index in [2.05, 4.69) is 36.1 Å². The monoisotopic (exact) mass is 229 g/mol. The molecule has 1 aromatic carbocycles. The van der Waals surface area contributed by atoms with Crippen molar-refractivity contribution in [3.05, 3.63) is 42.6 Å². The highest BCUT2D eigenvalue weighted by Gasteiger charge is 2.02. The van der Waals surface area contributed by atoms with E-state index in [1.165, 1.54) is 10.9 Å². The molecule has 90 valence electrons. The molecule has 3 nitrogen and oxygen atoms in total. The van der Waals surface area contributed by atoms with Crippen molar-refractivity contribution in [2.45, 2.75) is 19.9 Å². The minimum Gasteiger partial charge on any atom is -0.313 e. The third-order valence-corrected chi connectivity index (χ3v) is 2.73. The van der Waals surface area contributed by atoms with E-state index in [1.807, 2.05) is 23.0 Å². The third kappa shape index (κ3) is 2.94. The summed E-state index contributed by atoms with van der Waals surface area (Å²) in [6, 6.07) is 8.25. The van der Waals surface area contributed by atoms with Gasteiger partial charge in [0, 0.05) is 11.9 Å². The Balaban J connectivity index is 2.01. The second-order valence-corrected chi connectivity index (χ2v) is 4.29. The van der Waals surface area contributed by atoms with Gasteiger partial charge in [-0.1, -0.05) is 31.7 Å². The van der Waals surface area contributed by atoms with Crippen molar-refractivity contribution in [3.63, 3.8) is 0 Å². The molecule has 0 aliphatic carbocycles. The summed E-state index contributed by atoms with van der Waals surface area (Å²) < 4.78 is 2.01. The Bertz CT molecular complexity index is 499. The zero-order valence-corrected chi connectivity index (χ0v) is 10.3. The van der Waals surface area contributed by atoms with Gasteiger partial charge in [-0.2, -0.15) is 5.10 Å². The van der Waals surface area contributed by atoms with Gasteiger partial charge in [0.1, 0.15) is 0 Å². The lowest BCUT2D eigenvalue weighted by molar-refractivity contribution is 0.647. The van der Waals surface area contributed by atoms with Crippen LogP contribution in [0.15, 0.2) is 42.6 Å². The number of rotatable bonds is 6. The fraction of sp³-hybridized carbons (Fsp3) is 0.357. The molecule has 3 heteroatoms. The van der Waals surface area contributed by atoms with Crippen LogP contribution in [-0.2, 0) is 6.54 Å². The van der Waals surface area contributed by atoms with E-state index in [4.69, 9.17) is 0 Å². The average molecular weight is 229 g/mol. The Morgan fingerprint density at radius 1 is 1.41 bits per heavy atom. The zero-order valence-electron chi connectivity index (χ0n) is 10.3. The van der Waals surface area contributed by atoms with E-state index in [9.17, 15) is 0 Å². The molecule has 2 aromatic rings. The lowest BCUT2D eigenvalue weighted by atomic mass is 10.2. The van der Waals surface area contributed by atoms with Gasteiger partial charge in [-0.05, 0) is 24.6 Å². The lowest BCUT2D eigenvalue weighted by Crippen LogP contribution is -2.19. The highest BCUT2D eigenvalue weighted by Crippen LogP contribution is 2.13. The molecule has 0 aliphatic rings. The molecule has 2 rings (SSSR count). The second kappa shape index (κ2) is 5.64. The number of nitrogens with zero attached hydrogens (tertiary/aromatic N) is 2. The van der Waals surface area contributed by atoms with Gasteiger partial charge in [-0.15, -0.1) is 0 Å². The van der Waals surface area contributed by atoms with Crippen molar-refractivity contribution in [1.82, 2.24) is 15.1 Å². The van der Waals surface area contributed by atoms with E-state index in [1.54, 1.807) is 0 Å². The highest BCUT2D eigenvalue weighted by molar-refractivity contribution is 5.78. The number of hydrogen-bond acceptors (Lipinski definition) is 2. The fourth-order valence-corrected chi connectivity index (χ4v) is 1.86. The van der Waals surface area contributed by atoms with E-state index >= 15 is 0 Å². The van der Waals surface area contributed by atoms with Crippen LogP contribution in [0.5, 0.6) is 0 Å². The Kier molecular flexibility index (Phi) is 3.94. The van der Waals surface area contributed by atoms with Gasteiger partial charge in [0.2, 0.25) is 0 Å². The maximum absolute atomic E-state index is 4.39. The summed E-state index contributed by atoms with van der Waals surface area (Å²) in [5.41, 5.74) is 2.33. The molecular weight excluding hydrogens is 210 g/mol. The van der Waals surface area contributed by atoms with Crippen LogP contribution in [0.2, 0.25) is 0 Å². The van der Waals surface area contributed by atoms with Crippen LogP contribution in [-0.4, -0.2) is 22.9 Å². The molecule has 1 heterocycles. The minimum absolute atomic E-state index is 0.782. The van der Waals surface area contributed by atoms with Crippen LogP contribution < -0.4 is 5.32 Å². The number of hydrogen-bond donors (Lipinski definition) is 1. The van der Waals surface area contributed by atoms with E-state index in [0.29, 0.717) is 0 Å². The Morgan fingerprint density at radius 2 is 2.24 bits per heavy atom. The topological polar surface area (TPSA) is 29.9 Å². The van der Waals surface area contributed by atoms with E-state index < -0.39 is 0 Å². The minimum atomic E-state index is 0.782. The van der Waals surface area contributed by atoms with Crippen LogP contribution in [0, 0.1) is 0 Å². The summed E-state index contributed by atoms with van der Waals surface area (Å²) in [7, 11) is 0. The first-order chi connectivity index (χ1) is 8.31. The first-order valence-electron chi connectivity index (χ1n) is 6.09. The van der Waals surface area contributed by atoms with Crippen LogP contribution in [0.4, 0.5) is 0 Å². The molecule has 0 aliphatic heterocycles. The molecule has 0 atom stereocenters. The van der Waals surface area contributed by atoms with Crippen molar-refractivity contribution >= 4 is 10.9 Å². The molecule has 1 N–H and O–H groups in total. The molecule has 0 saturated heterocycles. The summed E-state index contributed by atoms with van der Waals surface area (Å²) in [6.07, 6.45) is 3.06. The Morgan fingerprint density at radius 3 is 3.06 bits per heavy atom. The number of para-hydroxylation sites is 1. The lowest BCUT2D eigenvalue weighted by Gasteiger charge is -2.08. The number of benzene rings is 1. The molecule has 0 fully saturated rings. The van der Waals surface area contributed by atoms with Gasteiger partial charge in [-0.25, -0.2) is 0 Å². The molecule has 1 aromatic heterocycles. The predicted molar refractivity (Wildman–Crippen MR) is 72.0 cm³/mol. The quantitative estimate of drug-likeness (QED) is 0.609. The van der Waals surface area contributed by atoms with Gasteiger partial charge in [0.05, 0.1) is 18.3 Å². The predicted octanol–water partition coefficient (Wildman–Crippen LogP) is 2.59. The largest absolute Gasteiger partial charge is 0.313 e. The van der Waals surface area contributed by atoms with Crippen molar-refractivity contribution in [2.75, 3.05) is 13.1 Å². The Labute approximate surface area is 102 Å². The van der Waals surface area contributed by atoms with Crippen molar-refractivity contribution < 1.29 is 0 Å². The van der Waals surface area contributed by atoms with Gasteiger partial charge in [0.25, 0.3) is 0 Å². The average Bonchev–Trinajstić information content (AvgIpc) is 2.73. The van der Waals surface area contributed by atoms with Crippen molar-refractivity contribution in [3.8, 4) is 0 Å². The number of nitrogens with one attached hydrogen (secondary N) is 1. The fourth-order valence-electron chi connectivity index (χ4n) is 1.86. The second-order valence-electron chi connectivity index (χ2n) is 4.29. The maximum Gasteiger partial charge on any atom is 0.0686 e. The smallest absolute Gasteiger partial charge is 0.0686 e. The van der Waals surface area contributed by atoms with E-state index in [0.717, 1.165) is 31.6 Å². The van der Waals surface area contributed by atoms with Crippen LogP contribution in [0.3, 0.4) is 0 Å². The highest BCUT2D eigenvalue weighted by atomic mass is 15.3. The molecular formula is C14H19N3. The SMILES string of the molecule is C=C(CNCCC)Cn1ncc2ccccc21. The van der Waals surface area contributed by atoms with Gasteiger partial charge in [-0.3, -0.25) is 4.68 Å². The normalized spacial score (nSPS) is 10.9. The Hall–Kier alpha value is -1.61. The van der Waals surface area contributed by atoms with Crippen molar-refractivity contribution in [1.29, 1.82) is 0 Å². The molecule has 0 spiro atoms. The van der Waals surface area contributed by atoms with Gasteiger partial charge < -0.3 is 5.32 Å². The standard InChI is InChI=1S/C14H19N3/c1-3-8-15-9-12(2)11-17-14-7-5-4-6-13(14)10-16-17/h4-7,10,15H,2-3,8-9,11H2,1H3. The van der Waals surface area contributed by atoms with Crippen molar-refractivity contribution in [2.24, 2.45) is 0 Å². The van der Waals surface area contributed by atoms with Crippen LogP contribution >= 0.6 is 0 Å². The molecule has 0 saturated carbocycles. The summed E-state index contributed by atoms with van der Waals surface area (Å²) in [4.78, 5) is 0. The van der Waals surface area contributed by atoms with Crippen LogP contribution in [0.1, 0.15) is 13.3 Å². The maximum atomic E-state index is 4.39. The summed E-state index contributed by atoms with van der Waals surface area (Å²) in [5, 5.41) is 8.93. The molecule has 17 heavy (non-hydrogen) atoms. The third-order valence-electron chi connectivity index (χ3n) is 2.73. The van der Waals surface area contributed by atoms with Crippen LogP contribution in [0.25, 0.3) is 10.9 Å². The number of fused-ring (bicyclic) bond motifs is 1.